The molecule has 0 saturated carbocycles. The number of allylic oxidation sites excluding steroid dienone is 4. The van der Waals surface area contributed by atoms with Crippen molar-refractivity contribution in [3.05, 3.63) is 24.3 Å². The van der Waals surface area contributed by atoms with Gasteiger partial charge in [-0.1, -0.05) is 386 Å². The van der Waals surface area contributed by atoms with Crippen molar-refractivity contribution in [2.75, 3.05) is 39.6 Å². The van der Waals surface area contributed by atoms with E-state index in [0.29, 0.717) is 25.7 Å². The summed E-state index contributed by atoms with van der Waals surface area (Å²) in [5, 5.41) is 10.7. The first-order valence-corrected chi connectivity index (χ1v) is 47.0. The minimum Gasteiger partial charge on any atom is -0.462 e. The van der Waals surface area contributed by atoms with E-state index in [2.05, 4.69) is 58.9 Å². The van der Waals surface area contributed by atoms with Crippen molar-refractivity contribution in [3.8, 4) is 0 Å². The van der Waals surface area contributed by atoms with Crippen LogP contribution in [0.2, 0.25) is 0 Å². The van der Waals surface area contributed by atoms with Crippen LogP contribution in [-0.2, 0) is 65.4 Å². The van der Waals surface area contributed by atoms with E-state index in [9.17, 15) is 43.2 Å². The summed E-state index contributed by atoms with van der Waals surface area (Å²) in [6, 6.07) is 0. The van der Waals surface area contributed by atoms with Crippen LogP contribution < -0.4 is 0 Å². The Labute approximate surface area is 643 Å². The van der Waals surface area contributed by atoms with Crippen molar-refractivity contribution in [1.29, 1.82) is 0 Å². The Morgan fingerprint density at radius 2 is 0.533 bits per heavy atom. The van der Waals surface area contributed by atoms with E-state index in [-0.39, 0.29) is 25.7 Å². The molecule has 6 atom stereocenters. The second kappa shape index (κ2) is 78.2. The number of carbonyl (C=O) groups is 4. The first-order chi connectivity index (χ1) is 51.1. The summed E-state index contributed by atoms with van der Waals surface area (Å²) >= 11 is 0. The highest BCUT2D eigenvalue weighted by molar-refractivity contribution is 7.47. The number of phosphoric acid groups is 2. The molecular formula is C86H164O17P2. The third-order valence-corrected chi connectivity index (χ3v) is 21.9. The predicted octanol–water partition coefficient (Wildman–Crippen LogP) is 25.9. The minimum absolute atomic E-state index is 0.0846. The summed E-state index contributed by atoms with van der Waals surface area (Å²) in [6.07, 6.45) is 74.6. The number of ether oxygens (including phenoxy) is 4. The zero-order chi connectivity index (χ0) is 76.9. The summed E-state index contributed by atoms with van der Waals surface area (Å²) in [5.41, 5.74) is 0. The fourth-order valence-electron chi connectivity index (χ4n) is 12.9. The van der Waals surface area contributed by atoms with E-state index in [0.717, 1.165) is 115 Å². The number of aliphatic hydroxyl groups is 1. The van der Waals surface area contributed by atoms with Crippen LogP contribution in [0.5, 0.6) is 0 Å². The van der Waals surface area contributed by atoms with Crippen LogP contribution in [0.25, 0.3) is 0 Å². The van der Waals surface area contributed by atoms with Gasteiger partial charge in [-0.2, -0.15) is 0 Å². The van der Waals surface area contributed by atoms with Gasteiger partial charge in [-0.25, -0.2) is 9.13 Å². The molecule has 0 aromatic heterocycles. The van der Waals surface area contributed by atoms with E-state index in [4.69, 9.17) is 37.0 Å². The molecule has 0 aliphatic heterocycles. The van der Waals surface area contributed by atoms with Gasteiger partial charge in [0, 0.05) is 25.7 Å². The molecule has 0 saturated heterocycles. The lowest BCUT2D eigenvalue weighted by atomic mass is 10.00. The summed E-state index contributed by atoms with van der Waals surface area (Å²) in [4.78, 5) is 73.2. The van der Waals surface area contributed by atoms with Gasteiger partial charge in [0.2, 0.25) is 0 Å². The molecule has 0 spiro atoms. The quantitative estimate of drug-likeness (QED) is 0.0169. The van der Waals surface area contributed by atoms with E-state index in [1.54, 1.807) is 0 Å². The van der Waals surface area contributed by atoms with Crippen molar-refractivity contribution >= 4 is 39.5 Å². The van der Waals surface area contributed by atoms with Crippen LogP contribution in [0.1, 0.15) is 439 Å². The molecule has 105 heavy (non-hydrogen) atoms. The lowest BCUT2D eigenvalue weighted by molar-refractivity contribution is -0.161. The molecule has 0 aromatic carbocycles. The highest BCUT2D eigenvalue weighted by Crippen LogP contribution is 2.45. The number of esters is 4. The van der Waals surface area contributed by atoms with E-state index in [1.807, 2.05) is 0 Å². The number of unbranched alkanes of at least 4 members (excludes halogenated alkanes) is 52. The monoisotopic (exact) mass is 1530 g/mol. The number of carbonyl (C=O) groups excluding carboxylic acids is 4. The van der Waals surface area contributed by atoms with Crippen molar-refractivity contribution in [2.24, 2.45) is 5.92 Å². The Bertz CT molecular complexity index is 2090. The number of rotatable bonds is 84. The molecule has 0 aliphatic rings. The molecule has 3 N–H and O–H groups in total. The topological polar surface area (TPSA) is 237 Å². The standard InChI is InChI=1S/C86H164O17P2/c1-6-10-13-16-19-22-25-28-31-33-35-37-39-42-44-47-50-53-59-64-69-83(88)96-75-81(102-85(90)71-67-62-55-52-49-46-43-40-38-36-34-32-29-26-23-20-17-14-11-7-2)77-100-104(92,93)98-73-80(87)74-99-105(94,95)101-78-82(76-97-84(89)70-65-60-57-56-58-63-68-79(5)9-4)103-86(91)72-66-61-54-51-48-45-41-30-27-24-21-18-15-12-8-3/h24,27,30,41,79-82,87H,6-23,25-26,28-29,31-40,42-78H2,1-5H3,(H,92,93)(H,94,95)/b27-24-,41-30-/t79?,80-,81-,82-/m1/s1. The van der Waals surface area contributed by atoms with Crippen LogP contribution in [0.15, 0.2) is 24.3 Å². The van der Waals surface area contributed by atoms with Crippen LogP contribution in [0.3, 0.4) is 0 Å². The predicted molar refractivity (Wildman–Crippen MR) is 432 cm³/mol. The smallest absolute Gasteiger partial charge is 0.462 e. The molecule has 0 heterocycles. The normalized spacial score (nSPS) is 14.2. The molecule has 620 valence electrons. The Kier molecular flexibility index (Phi) is 76.4. The highest BCUT2D eigenvalue weighted by Gasteiger charge is 2.30. The molecule has 19 heteroatoms. The first-order valence-electron chi connectivity index (χ1n) is 44.0. The van der Waals surface area contributed by atoms with Gasteiger partial charge in [0.1, 0.15) is 19.3 Å². The SMILES string of the molecule is CCCCCC/C=C\C=C/CCCCCCCC(=O)O[C@H](COC(=O)CCCCCCCCC(C)CC)COP(=O)(O)OC[C@H](O)COP(=O)(O)OC[C@@H](COC(=O)CCCCCCCCCCCCCCCCCCCCCC)OC(=O)CCCCCCCCCCCCCCCCCCCCCC. The van der Waals surface area contributed by atoms with Crippen LogP contribution >= 0.6 is 15.6 Å². The molecule has 0 bridgehead atoms. The lowest BCUT2D eigenvalue weighted by Crippen LogP contribution is -2.30. The van der Waals surface area contributed by atoms with Crippen molar-refractivity contribution < 1.29 is 80.2 Å². The maximum Gasteiger partial charge on any atom is 0.472 e. The maximum absolute atomic E-state index is 13.1. The zero-order valence-electron chi connectivity index (χ0n) is 68.4. The third kappa shape index (κ3) is 78.0. The average molecular weight is 1530 g/mol. The fourth-order valence-corrected chi connectivity index (χ4v) is 14.5. The lowest BCUT2D eigenvalue weighted by Gasteiger charge is -2.21. The number of hydrogen-bond acceptors (Lipinski definition) is 15. The Morgan fingerprint density at radius 1 is 0.305 bits per heavy atom. The number of aliphatic hydroxyl groups excluding tert-OH is 1. The molecular weight excluding hydrogens is 1370 g/mol. The third-order valence-electron chi connectivity index (χ3n) is 20.0. The van der Waals surface area contributed by atoms with Crippen LogP contribution in [0.4, 0.5) is 0 Å². The van der Waals surface area contributed by atoms with Gasteiger partial charge in [0.15, 0.2) is 12.2 Å². The molecule has 0 amide bonds. The summed E-state index contributed by atoms with van der Waals surface area (Å²) in [7, 11) is -9.94. The van der Waals surface area contributed by atoms with E-state index in [1.165, 1.54) is 244 Å². The van der Waals surface area contributed by atoms with Gasteiger partial charge < -0.3 is 33.8 Å². The second-order valence-electron chi connectivity index (χ2n) is 30.5. The van der Waals surface area contributed by atoms with Gasteiger partial charge in [0.25, 0.3) is 0 Å². The van der Waals surface area contributed by atoms with Gasteiger partial charge >= 0.3 is 39.5 Å². The molecule has 17 nitrogen and oxygen atoms in total. The minimum atomic E-state index is -4.97. The molecule has 0 aromatic rings. The molecule has 0 fully saturated rings. The summed E-state index contributed by atoms with van der Waals surface area (Å²) in [6.45, 7) is 7.25. The first kappa shape index (κ1) is 103. The van der Waals surface area contributed by atoms with Crippen molar-refractivity contribution in [3.63, 3.8) is 0 Å². The van der Waals surface area contributed by atoms with Gasteiger partial charge in [0.05, 0.1) is 26.4 Å². The highest BCUT2D eigenvalue weighted by atomic mass is 31.2. The van der Waals surface area contributed by atoms with Crippen molar-refractivity contribution in [1.82, 2.24) is 0 Å². The van der Waals surface area contributed by atoms with Crippen LogP contribution in [-0.4, -0.2) is 96.7 Å². The van der Waals surface area contributed by atoms with Crippen molar-refractivity contribution in [2.45, 2.75) is 457 Å². The Balaban J connectivity index is 5.25. The molecule has 0 radical (unpaired) electrons. The van der Waals surface area contributed by atoms with E-state index >= 15 is 0 Å². The van der Waals surface area contributed by atoms with Gasteiger partial charge in [-0.3, -0.25) is 37.3 Å². The van der Waals surface area contributed by atoms with E-state index < -0.39 is 97.5 Å². The average Bonchev–Trinajstić information content (AvgIpc) is 0.927. The Morgan fingerprint density at radius 3 is 0.810 bits per heavy atom. The number of phosphoric ester groups is 2. The van der Waals surface area contributed by atoms with Crippen LogP contribution in [0, 0.1) is 5.92 Å². The summed E-state index contributed by atoms with van der Waals surface area (Å²) < 4.78 is 68.8. The maximum atomic E-state index is 13.1. The zero-order valence-corrected chi connectivity index (χ0v) is 70.1. The Hall–Kier alpha value is -2.46. The van der Waals surface area contributed by atoms with Gasteiger partial charge in [-0.15, -0.1) is 0 Å². The largest absolute Gasteiger partial charge is 0.472 e. The summed E-state index contributed by atoms with van der Waals surface area (Å²) in [5.74, 6) is -1.41. The molecule has 0 rings (SSSR count). The second-order valence-corrected chi connectivity index (χ2v) is 33.4. The molecule has 0 aliphatic carbocycles. The fraction of sp³-hybridized carbons (Fsp3) is 0.907. The van der Waals surface area contributed by atoms with Gasteiger partial charge in [-0.05, 0) is 57.3 Å². The number of hydrogen-bond donors (Lipinski definition) is 3. The molecule has 3 unspecified atom stereocenters.